The van der Waals surface area contributed by atoms with Gasteiger partial charge < -0.3 is 4.90 Å². The first-order valence-corrected chi connectivity index (χ1v) is 6.73. The number of rotatable bonds is 1. The van der Waals surface area contributed by atoms with Crippen molar-refractivity contribution in [1.29, 1.82) is 0 Å². The minimum Gasteiger partial charge on any atom is -0.337 e. The molecule has 5 nitrogen and oxygen atoms in total. The topological polar surface area (TPSA) is 50.5 Å². The summed E-state index contributed by atoms with van der Waals surface area (Å²) in [5.74, 6) is 0.0700. The van der Waals surface area contributed by atoms with Gasteiger partial charge >= 0.3 is 0 Å². The molecule has 0 saturated carbocycles. The Kier molecular flexibility index (Phi) is 2.58. The Morgan fingerprint density at radius 3 is 2.88 bits per heavy atom. The summed E-state index contributed by atoms with van der Waals surface area (Å²) in [6.45, 7) is 3.59. The van der Waals surface area contributed by atoms with Gasteiger partial charge in [-0.15, -0.1) is 0 Å². The van der Waals surface area contributed by atoms with E-state index in [-0.39, 0.29) is 5.91 Å². The van der Waals surface area contributed by atoms with Crippen molar-refractivity contribution in [2.45, 2.75) is 26.2 Å². The second kappa shape index (κ2) is 4.10. The summed E-state index contributed by atoms with van der Waals surface area (Å²) < 4.78 is 1.66. The van der Waals surface area contributed by atoms with E-state index in [0.717, 1.165) is 36.6 Å². The van der Waals surface area contributed by atoms with Crippen LogP contribution in [0.1, 0.15) is 35.4 Å². The maximum absolute atomic E-state index is 12.4. The molecule has 0 radical (unpaired) electrons. The van der Waals surface area contributed by atoms with Crippen LogP contribution in [0, 0.1) is 6.92 Å². The predicted molar refractivity (Wildman–Crippen MR) is 65.4 cm³/mol. The second-order valence-corrected chi connectivity index (χ2v) is 5.14. The van der Waals surface area contributed by atoms with Crippen molar-refractivity contribution in [2.24, 2.45) is 0 Å². The molecule has 0 N–H and O–H groups in total. The lowest BCUT2D eigenvalue weighted by Crippen LogP contribution is -2.36. The number of fused-ring (bicyclic) bond motifs is 1. The lowest BCUT2D eigenvalue weighted by molar-refractivity contribution is 0.0715. The zero-order chi connectivity index (χ0) is 11.8. The van der Waals surface area contributed by atoms with Gasteiger partial charge in [-0.25, -0.2) is 4.98 Å². The first-order chi connectivity index (χ1) is 8.27. The molecule has 3 heterocycles. The van der Waals surface area contributed by atoms with E-state index >= 15 is 0 Å². The van der Waals surface area contributed by atoms with E-state index in [9.17, 15) is 4.79 Å². The van der Waals surface area contributed by atoms with Gasteiger partial charge in [0.2, 0.25) is 4.96 Å². The summed E-state index contributed by atoms with van der Waals surface area (Å²) >= 11 is 1.46. The van der Waals surface area contributed by atoms with Crippen LogP contribution in [-0.4, -0.2) is 38.5 Å². The van der Waals surface area contributed by atoms with Gasteiger partial charge in [-0.3, -0.25) is 4.79 Å². The van der Waals surface area contributed by atoms with Crippen LogP contribution < -0.4 is 0 Å². The van der Waals surface area contributed by atoms with E-state index in [0.29, 0.717) is 5.69 Å². The molecule has 90 valence electrons. The van der Waals surface area contributed by atoms with Gasteiger partial charge in [0.1, 0.15) is 5.51 Å². The van der Waals surface area contributed by atoms with Crippen molar-refractivity contribution < 1.29 is 4.79 Å². The molecule has 3 rings (SSSR count). The molecule has 0 unspecified atom stereocenters. The van der Waals surface area contributed by atoms with Crippen molar-refractivity contribution in [1.82, 2.24) is 19.5 Å². The molecule has 0 aliphatic carbocycles. The minimum atomic E-state index is 0.0700. The standard InChI is InChI=1S/C11H14N4OS/c1-8-9(15-11(13-8)17-7-12-15)10(16)14-5-3-2-4-6-14/h7H,2-6H2,1H3. The summed E-state index contributed by atoms with van der Waals surface area (Å²) in [6.07, 6.45) is 3.43. The number of hydrogen-bond donors (Lipinski definition) is 0. The largest absolute Gasteiger partial charge is 0.337 e. The van der Waals surface area contributed by atoms with Crippen LogP contribution in [0.3, 0.4) is 0 Å². The average molecular weight is 250 g/mol. The molecule has 6 heteroatoms. The van der Waals surface area contributed by atoms with Crippen LogP contribution in [-0.2, 0) is 0 Å². The quantitative estimate of drug-likeness (QED) is 0.774. The minimum absolute atomic E-state index is 0.0700. The predicted octanol–water partition coefficient (Wildman–Crippen LogP) is 1.73. The number of imidazole rings is 1. The summed E-state index contributed by atoms with van der Waals surface area (Å²) in [5.41, 5.74) is 3.12. The number of hydrogen-bond acceptors (Lipinski definition) is 4. The number of piperidine rings is 1. The molecular weight excluding hydrogens is 236 g/mol. The zero-order valence-electron chi connectivity index (χ0n) is 9.72. The molecule has 0 atom stereocenters. The molecule has 1 fully saturated rings. The monoisotopic (exact) mass is 250 g/mol. The molecule has 0 bridgehead atoms. The number of carbonyl (C=O) groups is 1. The molecule has 0 spiro atoms. The fourth-order valence-electron chi connectivity index (χ4n) is 2.29. The Bertz CT molecular complexity index is 553. The Labute approximate surface area is 103 Å². The van der Waals surface area contributed by atoms with E-state index in [4.69, 9.17) is 0 Å². The van der Waals surface area contributed by atoms with Gasteiger partial charge in [-0.2, -0.15) is 9.61 Å². The van der Waals surface area contributed by atoms with Crippen LogP contribution in [0.15, 0.2) is 5.51 Å². The van der Waals surface area contributed by atoms with Gasteiger partial charge in [-0.05, 0) is 26.2 Å². The highest BCUT2D eigenvalue weighted by Crippen LogP contribution is 2.18. The molecule has 0 aromatic carbocycles. The maximum Gasteiger partial charge on any atom is 0.274 e. The summed E-state index contributed by atoms with van der Waals surface area (Å²) in [6, 6.07) is 0. The van der Waals surface area contributed by atoms with Crippen molar-refractivity contribution in [2.75, 3.05) is 13.1 Å². The van der Waals surface area contributed by atoms with Crippen LogP contribution >= 0.6 is 11.3 Å². The van der Waals surface area contributed by atoms with Crippen molar-refractivity contribution >= 4 is 22.2 Å². The van der Waals surface area contributed by atoms with Crippen molar-refractivity contribution in [3.8, 4) is 0 Å². The molecule has 17 heavy (non-hydrogen) atoms. The van der Waals surface area contributed by atoms with Crippen LogP contribution in [0.4, 0.5) is 0 Å². The first-order valence-electron chi connectivity index (χ1n) is 5.85. The Morgan fingerprint density at radius 1 is 1.35 bits per heavy atom. The van der Waals surface area contributed by atoms with Gasteiger partial charge in [0.15, 0.2) is 5.69 Å². The van der Waals surface area contributed by atoms with Crippen LogP contribution in [0.2, 0.25) is 0 Å². The van der Waals surface area contributed by atoms with Gasteiger partial charge in [0.25, 0.3) is 5.91 Å². The molecule has 1 aliphatic heterocycles. The summed E-state index contributed by atoms with van der Waals surface area (Å²) in [4.78, 5) is 19.5. The number of likely N-dealkylation sites (tertiary alicyclic amines) is 1. The highest BCUT2D eigenvalue weighted by molar-refractivity contribution is 7.14. The number of aryl methyl sites for hydroxylation is 1. The maximum atomic E-state index is 12.4. The number of nitrogens with zero attached hydrogens (tertiary/aromatic N) is 4. The van der Waals surface area contributed by atoms with Crippen LogP contribution in [0.25, 0.3) is 4.96 Å². The number of carbonyl (C=O) groups excluding carboxylic acids is 1. The lowest BCUT2D eigenvalue weighted by Gasteiger charge is -2.26. The van der Waals surface area contributed by atoms with Crippen molar-refractivity contribution in [3.63, 3.8) is 0 Å². The molecule has 1 amide bonds. The van der Waals surface area contributed by atoms with E-state index < -0.39 is 0 Å². The Morgan fingerprint density at radius 2 is 2.12 bits per heavy atom. The number of aromatic nitrogens is 3. The third-order valence-corrected chi connectivity index (χ3v) is 3.84. The average Bonchev–Trinajstić information content (AvgIpc) is 2.89. The van der Waals surface area contributed by atoms with Crippen LogP contribution in [0.5, 0.6) is 0 Å². The summed E-state index contributed by atoms with van der Waals surface area (Å²) in [5, 5.41) is 4.18. The van der Waals surface area contributed by atoms with Crippen molar-refractivity contribution in [3.05, 3.63) is 16.9 Å². The Hall–Kier alpha value is -1.43. The molecule has 1 aliphatic rings. The normalized spacial score (nSPS) is 16.6. The smallest absolute Gasteiger partial charge is 0.274 e. The molecule has 2 aromatic rings. The first kappa shape index (κ1) is 10.7. The molecular formula is C11H14N4OS. The molecule has 1 saturated heterocycles. The van der Waals surface area contributed by atoms with Gasteiger partial charge in [0.05, 0.1) is 5.69 Å². The van der Waals surface area contributed by atoms with Gasteiger partial charge in [0, 0.05) is 13.1 Å². The number of amides is 1. The SMILES string of the molecule is Cc1nc2scnn2c1C(=O)N1CCCCC1. The fourth-order valence-corrected chi connectivity index (χ4v) is 2.95. The molecule has 2 aromatic heterocycles. The fraction of sp³-hybridized carbons (Fsp3) is 0.545. The summed E-state index contributed by atoms with van der Waals surface area (Å²) in [7, 11) is 0. The van der Waals surface area contributed by atoms with E-state index in [1.54, 1.807) is 10.0 Å². The van der Waals surface area contributed by atoms with Gasteiger partial charge in [-0.1, -0.05) is 11.3 Å². The zero-order valence-corrected chi connectivity index (χ0v) is 10.5. The Balaban J connectivity index is 1.99. The van der Waals surface area contributed by atoms with E-state index in [1.807, 2.05) is 11.8 Å². The third-order valence-electron chi connectivity index (χ3n) is 3.17. The third kappa shape index (κ3) is 1.72. The second-order valence-electron chi connectivity index (χ2n) is 4.33. The van der Waals surface area contributed by atoms with E-state index in [1.165, 1.54) is 17.8 Å². The lowest BCUT2D eigenvalue weighted by atomic mass is 10.1. The highest BCUT2D eigenvalue weighted by atomic mass is 32.1. The highest BCUT2D eigenvalue weighted by Gasteiger charge is 2.24. The van der Waals surface area contributed by atoms with E-state index in [2.05, 4.69) is 10.1 Å².